The van der Waals surface area contributed by atoms with Crippen LogP contribution in [0.15, 0.2) is 0 Å². The fourth-order valence-electron chi connectivity index (χ4n) is 2.27. The second-order valence-electron chi connectivity index (χ2n) is 4.66. The van der Waals surface area contributed by atoms with Crippen LogP contribution in [0.5, 0.6) is 23.0 Å². The van der Waals surface area contributed by atoms with Crippen molar-refractivity contribution >= 4 is 57.0 Å². The molecule has 11 heteroatoms. The molecular weight excluding hydrogens is 593 g/mol. The number of rotatable bonds is 9. The molecule has 1 aromatic rings. The van der Waals surface area contributed by atoms with Gasteiger partial charge >= 0.3 is 6.18 Å². The highest BCUT2D eigenvalue weighted by Crippen LogP contribution is 2.53. The third kappa shape index (κ3) is 6.06. The van der Waals surface area contributed by atoms with Crippen molar-refractivity contribution < 1.29 is 31.7 Å². The lowest BCUT2D eigenvalue weighted by Crippen LogP contribution is -2.08. The molecule has 0 saturated carbocycles. The SMILES string of the molecule is COc1c(OPI)c(C)c(CCCC(F)(F)F)c(OPI)c1OC. The highest BCUT2D eigenvalue weighted by Gasteiger charge is 2.29. The van der Waals surface area contributed by atoms with Crippen LogP contribution in [0.1, 0.15) is 24.0 Å². The average Bonchev–Trinajstić information content (AvgIpc) is 2.51. The highest BCUT2D eigenvalue weighted by atomic mass is 127. The predicted octanol–water partition coefficient (Wildman–Crippen LogP) is 6.54. The Bertz CT molecular complexity index is 559. The summed E-state index contributed by atoms with van der Waals surface area (Å²) >= 11 is 4.12. The zero-order valence-electron chi connectivity index (χ0n) is 13.1. The first-order valence-corrected chi connectivity index (χ1v) is 14.7. The van der Waals surface area contributed by atoms with Gasteiger partial charge in [0.15, 0.2) is 11.5 Å². The van der Waals surface area contributed by atoms with E-state index in [0.29, 0.717) is 34.1 Å². The summed E-state index contributed by atoms with van der Waals surface area (Å²) in [6, 6.07) is 0. The first-order valence-electron chi connectivity index (χ1n) is 6.69. The van der Waals surface area contributed by atoms with E-state index >= 15 is 0 Å². The zero-order valence-corrected chi connectivity index (χ0v) is 19.5. The number of ether oxygens (including phenoxy) is 2. The van der Waals surface area contributed by atoms with Crippen LogP contribution in [0.25, 0.3) is 0 Å². The first kappa shape index (κ1) is 22.6. The van der Waals surface area contributed by atoms with Crippen LogP contribution < -0.4 is 18.5 Å². The Morgan fingerprint density at radius 1 is 0.917 bits per heavy atom. The molecule has 0 aliphatic carbocycles. The van der Waals surface area contributed by atoms with E-state index in [1.54, 1.807) is 6.92 Å². The predicted molar refractivity (Wildman–Crippen MR) is 109 cm³/mol. The van der Waals surface area contributed by atoms with Gasteiger partial charge in [-0.25, -0.2) is 0 Å². The van der Waals surface area contributed by atoms with Crippen molar-refractivity contribution in [2.24, 2.45) is 0 Å². The molecule has 0 fully saturated rings. The molecule has 0 amide bonds. The standard InChI is InChI=1S/C13H17F3I2O4P2/c1-7-8(5-4-6-13(14,15)16)10(22-24-18)12(20-3)11(19-2)9(7)21-23-17/h23-24H,4-6H2,1-3H3. The van der Waals surface area contributed by atoms with Crippen LogP contribution in [-0.4, -0.2) is 20.4 Å². The van der Waals surface area contributed by atoms with Crippen LogP contribution in [0, 0.1) is 6.92 Å². The molecule has 0 heterocycles. The van der Waals surface area contributed by atoms with E-state index < -0.39 is 12.6 Å². The van der Waals surface area contributed by atoms with Crippen molar-refractivity contribution in [1.29, 1.82) is 0 Å². The minimum absolute atomic E-state index is 0.0352. The maximum absolute atomic E-state index is 12.5. The molecule has 0 saturated heterocycles. The van der Waals surface area contributed by atoms with Crippen LogP contribution in [0.3, 0.4) is 0 Å². The molecule has 0 radical (unpaired) electrons. The van der Waals surface area contributed by atoms with Gasteiger partial charge in [0.25, 0.3) is 0 Å². The topological polar surface area (TPSA) is 36.9 Å². The van der Waals surface area contributed by atoms with Gasteiger partial charge in [-0.2, -0.15) is 13.2 Å². The summed E-state index contributed by atoms with van der Waals surface area (Å²) in [6.45, 7) is 2.01. The Balaban J connectivity index is 3.38. The molecule has 138 valence electrons. The van der Waals surface area contributed by atoms with E-state index in [2.05, 4.69) is 44.1 Å². The first-order chi connectivity index (χ1) is 11.3. The van der Waals surface area contributed by atoms with Gasteiger partial charge in [-0.15, -0.1) is 0 Å². The molecule has 2 unspecified atom stereocenters. The Hall–Kier alpha value is 0.530. The molecule has 0 bridgehead atoms. The van der Waals surface area contributed by atoms with Crippen LogP contribution in [0.4, 0.5) is 13.2 Å². The van der Waals surface area contributed by atoms with Crippen LogP contribution in [-0.2, 0) is 6.42 Å². The summed E-state index contributed by atoms with van der Waals surface area (Å²) < 4.78 is 59.5. The van der Waals surface area contributed by atoms with Gasteiger partial charge in [0, 0.05) is 17.5 Å². The number of hydrogen-bond acceptors (Lipinski definition) is 4. The quantitative estimate of drug-likeness (QED) is 0.235. The lowest BCUT2D eigenvalue weighted by Gasteiger charge is -2.22. The van der Waals surface area contributed by atoms with Crippen molar-refractivity contribution in [3.63, 3.8) is 0 Å². The zero-order chi connectivity index (χ0) is 18.3. The molecule has 1 rings (SSSR count). The second kappa shape index (κ2) is 10.6. The normalized spacial score (nSPS) is 12.3. The maximum Gasteiger partial charge on any atom is 0.389 e. The highest BCUT2D eigenvalue weighted by molar-refractivity contribution is 14.2. The van der Waals surface area contributed by atoms with Crippen molar-refractivity contribution in [1.82, 2.24) is 0 Å². The van der Waals surface area contributed by atoms with Gasteiger partial charge < -0.3 is 18.5 Å². The molecule has 0 aliphatic heterocycles. The molecule has 24 heavy (non-hydrogen) atoms. The monoisotopic (exact) mass is 610 g/mol. The van der Waals surface area contributed by atoms with Gasteiger partial charge in [0.05, 0.1) is 14.2 Å². The van der Waals surface area contributed by atoms with Gasteiger partial charge in [-0.1, -0.05) is 0 Å². The Morgan fingerprint density at radius 3 is 1.88 bits per heavy atom. The lowest BCUT2D eigenvalue weighted by atomic mass is 9.99. The fourth-order valence-corrected chi connectivity index (χ4v) is 4.20. The number of hydrogen-bond donors (Lipinski definition) is 0. The van der Waals surface area contributed by atoms with E-state index in [1.807, 2.05) is 0 Å². The number of halogens is 5. The van der Waals surface area contributed by atoms with Crippen LogP contribution in [0.2, 0.25) is 0 Å². The van der Waals surface area contributed by atoms with Crippen molar-refractivity contribution in [2.75, 3.05) is 14.2 Å². The van der Waals surface area contributed by atoms with Gasteiger partial charge in [-0.05, 0) is 63.8 Å². The van der Waals surface area contributed by atoms with E-state index in [-0.39, 0.29) is 25.7 Å². The smallest absolute Gasteiger partial charge is 0.389 e. The summed E-state index contributed by atoms with van der Waals surface area (Å²) in [4.78, 5) is 0. The Labute approximate surface area is 168 Å². The molecule has 0 spiro atoms. The van der Waals surface area contributed by atoms with Crippen molar-refractivity contribution in [3.05, 3.63) is 11.1 Å². The summed E-state index contributed by atoms with van der Waals surface area (Å²) in [5.74, 6) is 1.64. The molecular formula is C13H17F3I2O4P2. The molecule has 0 aliphatic rings. The minimum atomic E-state index is -4.18. The molecule has 0 aromatic heterocycles. The van der Waals surface area contributed by atoms with Crippen molar-refractivity contribution in [3.8, 4) is 23.0 Å². The third-order valence-electron chi connectivity index (χ3n) is 3.26. The van der Waals surface area contributed by atoms with Gasteiger partial charge in [-0.3, -0.25) is 0 Å². The van der Waals surface area contributed by atoms with E-state index in [4.69, 9.17) is 18.5 Å². The van der Waals surface area contributed by atoms with E-state index in [9.17, 15) is 13.2 Å². The number of alkyl halides is 3. The largest absolute Gasteiger partial charge is 0.490 e. The van der Waals surface area contributed by atoms with Crippen LogP contribution >= 0.6 is 57.0 Å². The number of benzene rings is 1. The second-order valence-corrected chi connectivity index (χ2v) is 8.01. The van der Waals surface area contributed by atoms with Gasteiger partial charge in [0.2, 0.25) is 11.5 Å². The van der Waals surface area contributed by atoms with Gasteiger partial charge in [0.1, 0.15) is 12.9 Å². The van der Waals surface area contributed by atoms with E-state index in [1.165, 1.54) is 14.2 Å². The summed E-state index contributed by atoms with van der Waals surface area (Å²) in [7, 11) is 2.95. The lowest BCUT2D eigenvalue weighted by molar-refractivity contribution is -0.135. The Kier molecular flexibility index (Phi) is 9.99. The summed E-state index contributed by atoms with van der Waals surface area (Å²) in [5, 5.41) is 0. The minimum Gasteiger partial charge on any atom is -0.490 e. The molecule has 2 atom stereocenters. The average molecular weight is 610 g/mol. The van der Waals surface area contributed by atoms with Crippen molar-refractivity contribution in [2.45, 2.75) is 32.4 Å². The molecule has 0 N–H and O–H groups in total. The third-order valence-corrected chi connectivity index (χ3v) is 5.15. The maximum atomic E-state index is 12.5. The fraction of sp³-hybridized carbons (Fsp3) is 0.538. The summed E-state index contributed by atoms with van der Waals surface area (Å²) in [5.41, 5.74) is 1.37. The molecule has 4 nitrogen and oxygen atoms in total. The Morgan fingerprint density at radius 2 is 1.42 bits per heavy atom. The summed E-state index contributed by atoms with van der Waals surface area (Å²) in [6.07, 6.45) is -4.86. The van der Waals surface area contributed by atoms with E-state index in [0.717, 1.165) is 0 Å². The molecule has 1 aromatic carbocycles. The number of methoxy groups -OCH3 is 2.